The first-order valence-corrected chi connectivity index (χ1v) is 13.0. The Balaban J connectivity index is 2.38. The van der Waals surface area contributed by atoms with Crippen LogP contribution in [0.4, 0.5) is 5.69 Å². The molecule has 2 aromatic carbocycles. The molecule has 1 N–H and O–H groups in total. The van der Waals surface area contributed by atoms with Crippen molar-refractivity contribution in [2.24, 2.45) is 10.9 Å². The van der Waals surface area contributed by atoms with Gasteiger partial charge in [0.25, 0.3) is 5.69 Å². The first-order chi connectivity index (χ1) is 16.7. The van der Waals surface area contributed by atoms with Crippen molar-refractivity contribution in [3.8, 4) is 0 Å². The lowest BCUT2D eigenvalue weighted by Gasteiger charge is -2.32. The molecule has 2 atom stereocenters. The zero-order valence-electron chi connectivity index (χ0n) is 21.2. The van der Waals surface area contributed by atoms with Crippen molar-refractivity contribution < 1.29 is 28.3 Å². The third kappa shape index (κ3) is 8.89. The Kier molecular flexibility index (Phi) is 9.97. The van der Waals surface area contributed by atoms with E-state index >= 15 is 0 Å². The highest BCUT2D eigenvalue weighted by Crippen LogP contribution is 2.22. The van der Waals surface area contributed by atoms with Gasteiger partial charge in [-0.1, -0.05) is 65.0 Å². The van der Waals surface area contributed by atoms with E-state index in [2.05, 4.69) is 4.99 Å². The Morgan fingerprint density at radius 3 is 2.17 bits per heavy atom. The number of nitrogens with zero attached hydrogens (tertiary/aromatic N) is 3. The van der Waals surface area contributed by atoms with Gasteiger partial charge in [0.05, 0.1) is 22.0 Å². The number of non-ortho nitro benzene ring substituents is 1. The highest BCUT2D eigenvalue weighted by molar-refractivity contribution is 7.89. The van der Waals surface area contributed by atoms with E-state index in [1.54, 1.807) is 20.8 Å². The van der Waals surface area contributed by atoms with Crippen LogP contribution in [0.25, 0.3) is 0 Å². The molecule has 2 rings (SSSR count). The van der Waals surface area contributed by atoms with Gasteiger partial charge in [0.1, 0.15) is 6.08 Å². The summed E-state index contributed by atoms with van der Waals surface area (Å²) < 4.78 is 33.2. The number of hydrogen-bond acceptors (Lipinski definition) is 8. The van der Waals surface area contributed by atoms with Crippen LogP contribution in [0.3, 0.4) is 0 Å². The second-order valence-electron chi connectivity index (χ2n) is 9.90. The van der Waals surface area contributed by atoms with Crippen molar-refractivity contribution in [2.75, 3.05) is 13.1 Å². The largest absolute Gasteiger partial charge is 0.595 e. The van der Waals surface area contributed by atoms with E-state index in [4.69, 9.17) is 4.74 Å². The minimum atomic E-state index is -4.10. The highest BCUT2D eigenvalue weighted by Gasteiger charge is 2.31. The third-order valence-corrected chi connectivity index (χ3v) is 6.89. The number of nitro groups is 1. The number of hydrogen-bond donors (Lipinski definition) is 1. The summed E-state index contributed by atoms with van der Waals surface area (Å²) in [5, 5.41) is 34.5. The fourth-order valence-corrected chi connectivity index (χ4v) is 5.07. The molecule has 198 valence electrons. The summed E-state index contributed by atoms with van der Waals surface area (Å²) in [4.78, 5) is 14.3. The van der Waals surface area contributed by atoms with Crippen LogP contribution < -0.4 is 5.11 Å². The average Bonchev–Trinajstić information content (AvgIpc) is 2.77. The molecule has 36 heavy (non-hydrogen) atoms. The Morgan fingerprint density at radius 1 is 1.08 bits per heavy atom. The molecular formula is C25H34N3O7S-. The lowest BCUT2D eigenvalue weighted by Crippen LogP contribution is -2.45. The highest BCUT2D eigenvalue weighted by atomic mass is 32.2. The van der Waals surface area contributed by atoms with Crippen molar-refractivity contribution in [2.45, 2.75) is 63.7 Å². The molecule has 0 spiro atoms. The van der Waals surface area contributed by atoms with Crippen molar-refractivity contribution in [1.82, 2.24) is 4.31 Å². The van der Waals surface area contributed by atoms with Crippen LogP contribution in [-0.4, -0.2) is 59.7 Å². The number of aliphatic hydroxyl groups is 1. The van der Waals surface area contributed by atoms with E-state index in [0.29, 0.717) is 0 Å². The average molecular weight is 521 g/mol. The molecular weight excluding hydrogens is 486 g/mol. The predicted molar refractivity (Wildman–Crippen MR) is 135 cm³/mol. The Labute approximate surface area is 212 Å². The third-order valence-electron chi connectivity index (χ3n) is 5.04. The first kappa shape index (κ1) is 29.2. The molecule has 11 heteroatoms. The van der Waals surface area contributed by atoms with Gasteiger partial charge in [-0.15, -0.1) is 0 Å². The summed E-state index contributed by atoms with van der Waals surface area (Å²) in [6.45, 7) is 8.51. The molecule has 0 aliphatic heterocycles. The maximum absolute atomic E-state index is 13.4. The summed E-state index contributed by atoms with van der Waals surface area (Å²) in [6.07, 6.45) is -1.99. The molecule has 0 amide bonds. The van der Waals surface area contributed by atoms with Crippen LogP contribution in [0.5, 0.6) is 0 Å². The molecule has 0 radical (unpaired) electrons. The molecule has 0 aliphatic rings. The quantitative estimate of drug-likeness (QED) is 0.207. The fourth-order valence-electron chi connectivity index (χ4n) is 3.44. The van der Waals surface area contributed by atoms with Crippen LogP contribution in [-0.2, 0) is 21.2 Å². The second-order valence-corrected chi connectivity index (χ2v) is 11.8. The van der Waals surface area contributed by atoms with E-state index in [-0.39, 0.29) is 36.0 Å². The number of ether oxygens (including phenoxy) is 1. The Hall–Kier alpha value is -3.02. The molecule has 0 unspecified atom stereocenters. The van der Waals surface area contributed by atoms with Crippen LogP contribution in [0.15, 0.2) is 64.5 Å². The Morgan fingerprint density at radius 2 is 1.67 bits per heavy atom. The number of aliphatic hydroxyl groups excluding tert-OH is 1. The lowest BCUT2D eigenvalue weighted by molar-refractivity contribution is -0.384. The number of benzene rings is 2. The van der Waals surface area contributed by atoms with Crippen LogP contribution in [0.1, 0.15) is 40.2 Å². The van der Waals surface area contributed by atoms with Gasteiger partial charge in [0.2, 0.25) is 10.0 Å². The SMILES string of the molecule is CC(C)CN(C[C@@H](O)[C@H](Cc1ccccc1)N=C([O-])OC(C)(C)C)S(=O)(=O)c1ccc([N+](=O)[O-])cc1. The Bertz CT molecular complexity index is 1130. The van der Waals surface area contributed by atoms with Gasteiger partial charge in [-0.3, -0.25) is 15.1 Å². The molecule has 0 fully saturated rings. The summed E-state index contributed by atoms with van der Waals surface area (Å²) in [7, 11) is -4.10. The van der Waals surface area contributed by atoms with Crippen LogP contribution in [0.2, 0.25) is 0 Å². The number of nitro benzene ring substituents is 1. The summed E-state index contributed by atoms with van der Waals surface area (Å²) in [6, 6.07) is 12.7. The van der Waals surface area contributed by atoms with Gasteiger partial charge < -0.3 is 14.9 Å². The van der Waals surface area contributed by atoms with Gasteiger partial charge in [-0.2, -0.15) is 4.31 Å². The van der Waals surface area contributed by atoms with Gasteiger partial charge in [-0.25, -0.2) is 8.42 Å². The van der Waals surface area contributed by atoms with E-state index in [1.165, 1.54) is 12.1 Å². The summed E-state index contributed by atoms with van der Waals surface area (Å²) in [5.74, 6) is -0.0830. The topological polar surface area (TPSA) is 145 Å². The number of rotatable bonds is 11. The first-order valence-electron chi connectivity index (χ1n) is 11.6. The molecule has 10 nitrogen and oxygen atoms in total. The zero-order valence-corrected chi connectivity index (χ0v) is 22.0. The van der Waals surface area contributed by atoms with Crippen molar-refractivity contribution in [3.05, 3.63) is 70.3 Å². The van der Waals surface area contributed by atoms with Crippen molar-refractivity contribution in [1.29, 1.82) is 0 Å². The molecule has 0 aromatic heterocycles. The maximum atomic E-state index is 13.4. The normalized spacial score (nSPS) is 14.6. The number of aliphatic imine (C=N–C) groups is 1. The van der Waals surface area contributed by atoms with E-state index in [9.17, 15) is 28.7 Å². The van der Waals surface area contributed by atoms with Crippen LogP contribution in [0, 0.1) is 16.0 Å². The second kappa shape index (κ2) is 12.3. The summed E-state index contributed by atoms with van der Waals surface area (Å²) >= 11 is 0. The maximum Gasteiger partial charge on any atom is 0.269 e. The lowest BCUT2D eigenvalue weighted by atomic mass is 10.0. The van der Waals surface area contributed by atoms with E-state index in [0.717, 1.165) is 22.0 Å². The van der Waals surface area contributed by atoms with Crippen molar-refractivity contribution in [3.63, 3.8) is 0 Å². The van der Waals surface area contributed by atoms with Gasteiger partial charge in [-0.05, 0) is 30.0 Å². The van der Waals surface area contributed by atoms with E-state index < -0.39 is 38.8 Å². The molecule has 0 bridgehead atoms. The van der Waals surface area contributed by atoms with Gasteiger partial charge in [0.15, 0.2) is 0 Å². The van der Waals surface area contributed by atoms with Crippen LogP contribution >= 0.6 is 0 Å². The van der Waals surface area contributed by atoms with E-state index in [1.807, 2.05) is 44.2 Å². The van der Waals surface area contributed by atoms with Gasteiger partial charge >= 0.3 is 0 Å². The number of sulfonamides is 1. The molecule has 0 heterocycles. The minimum absolute atomic E-state index is 0.0830. The molecule has 2 aromatic rings. The standard InChI is InChI=1S/C25H35N3O7S/c1-18(2)16-27(36(33,34)21-13-11-20(12-14-21)28(31)32)17-23(29)22(15-19-9-7-6-8-10-19)26-24(30)35-25(3,4)5/h6-14,18,22-23,29H,15-17H2,1-5H3,(H,26,30)/p-1/t22-,23+/m0/s1. The molecule has 0 saturated carbocycles. The van der Waals surface area contributed by atoms with Crippen molar-refractivity contribution >= 4 is 21.8 Å². The monoisotopic (exact) mass is 520 g/mol. The van der Waals surface area contributed by atoms with Gasteiger partial charge in [0, 0.05) is 30.8 Å². The zero-order chi connectivity index (χ0) is 27.1. The molecule has 0 saturated heterocycles. The predicted octanol–water partition coefficient (Wildman–Crippen LogP) is 2.75. The smallest absolute Gasteiger partial charge is 0.269 e. The summed E-state index contributed by atoms with van der Waals surface area (Å²) in [5.41, 5.74) is -0.211. The fraction of sp³-hybridized carbons (Fsp3) is 0.480. The minimum Gasteiger partial charge on any atom is -0.595 e. The molecule has 0 aliphatic carbocycles.